The molecule has 3 N–H and O–H groups in total. The molecular formula is C19H29NO. The largest absolute Gasteiger partial charge is 0.399 e. The first-order valence-electron chi connectivity index (χ1n) is 8.80. The second-order valence-corrected chi connectivity index (χ2v) is 8.56. The van der Waals surface area contributed by atoms with E-state index in [1.165, 1.54) is 32.1 Å². The van der Waals surface area contributed by atoms with E-state index in [2.05, 4.69) is 32.1 Å². The second kappa shape index (κ2) is 4.38. The molecule has 7 atom stereocenters. The van der Waals surface area contributed by atoms with Crippen molar-refractivity contribution in [1.29, 1.82) is 0 Å². The van der Waals surface area contributed by atoms with Crippen LogP contribution in [0.5, 0.6) is 0 Å². The fraction of sp³-hybridized carbons (Fsp3) is 0.789. The number of hydrogen-bond acceptors (Lipinski definition) is 2. The standard InChI is InChI=1S/C19H29NO/c1-18-9-7-13(20)11-12(18)3-4-14-15-5-6-17(21)19(15,2)10-8-16(14)18/h7,9,11-12,14-17,21H,3-6,8,10,20H2,1-2H3/t12?,14-,15-,16+,17?,18-,19-/m0/s1. The first-order chi connectivity index (χ1) is 9.95. The average molecular weight is 287 g/mol. The summed E-state index contributed by atoms with van der Waals surface area (Å²) in [5, 5.41) is 10.5. The Morgan fingerprint density at radius 2 is 1.90 bits per heavy atom. The van der Waals surface area contributed by atoms with Crippen molar-refractivity contribution in [2.75, 3.05) is 0 Å². The Hall–Kier alpha value is -0.760. The minimum absolute atomic E-state index is 0.0635. The molecule has 4 aliphatic rings. The number of hydrogen-bond donors (Lipinski definition) is 2. The van der Waals surface area contributed by atoms with Gasteiger partial charge >= 0.3 is 0 Å². The van der Waals surface area contributed by atoms with Crippen molar-refractivity contribution in [2.45, 2.75) is 58.5 Å². The molecule has 0 radical (unpaired) electrons. The van der Waals surface area contributed by atoms with E-state index in [9.17, 15) is 5.11 Å². The smallest absolute Gasteiger partial charge is 0.0596 e. The van der Waals surface area contributed by atoms with Gasteiger partial charge in [-0.05, 0) is 79.1 Å². The number of rotatable bonds is 0. The molecule has 0 aromatic carbocycles. The van der Waals surface area contributed by atoms with Crippen LogP contribution in [0.1, 0.15) is 52.4 Å². The Balaban J connectivity index is 1.68. The molecule has 3 saturated carbocycles. The lowest BCUT2D eigenvalue weighted by molar-refractivity contribution is -0.0854. The van der Waals surface area contributed by atoms with Gasteiger partial charge in [-0.1, -0.05) is 26.0 Å². The SMILES string of the molecule is C[C@]12C=CC(N)=CC1CC[C@@H]1[C@H]2CC[C@]2(C)C(O)CC[C@@H]12. The molecule has 0 aromatic rings. The Bertz CT molecular complexity index is 510. The van der Waals surface area contributed by atoms with Crippen LogP contribution in [-0.4, -0.2) is 11.2 Å². The summed E-state index contributed by atoms with van der Waals surface area (Å²) in [5.41, 5.74) is 7.47. The molecule has 2 nitrogen and oxygen atoms in total. The van der Waals surface area contributed by atoms with E-state index in [1.807, 2.05) is 0 Å². The summed E-state index contributed by atoms with van der Waals surface area (Å²) in [6.45, 7) is 4.82. The van der Waals surface area contributed by atoms with Gasteiger partial charge in [0.1, 0.15) is 0 Å². The van der Waals surface area contributed by atoms with E-state index in [4.69, 9.17) is 5.73 Å². The summed E-state index contributed by atoms with van der Waals surface area (Å²) in [5.74, 6) is 2.94. The van der Waals surface area contributed by atoms with Gasteiger partial charge in [0.2, 0.25) is 0 Å². The van der Waals surface area contributed by atoms with Gasteiger partial charge in [0.15, 0.2) is 0 Å². The third-order valence-electron chi connectivity index (χ3n) is 7.82. The average Bonchev–Trinajstić information content (AvgIpc) is 2.76. The van der Waals surface area contributed by atoms with Gasteiger partial charge in [0.05, 0.1) is 6.10 Å². The minimum atomic E-state index is -0.0635. The number of fused-ring (bicyclic) bond motifs is 5. The summed E-state index contributed by atoms with van der Waals surface area (Å²) in [6.07, 6.45) is 14.1. The van der Waals surface area contributed by atoms with Crippen LogP contribution in [0.2, 0.25) is 0 Å². The predicted molar refractivity (Wildman–Crippen MR) is 85.3 cm³/mol. The normalized spacial score (nSPS) is 55.4. The van der Waals surface area contributed by atoms with Gasteiger partial charge in [-0.25, -0.2) is 0 Å². The molecule has 0 saturated heterocycles. The monoisotopic (exact) mass is 287 g/mol. The molecule has 0 aromatic heterocycles. The van der Waals surface area contributed by atoms with E-state index in [0.29, 0.717) is 11.3 Å². The number of allylic oxidation sites excluding steroid dienone is 3. The fourth-order valence-corrected chi connectivity index (χ4v) is 6.47. The van der Waals surface area contributed by atoms with Gasteiger partial charge in [0, 0.05) is 5.70 Å². The maximum absolute atomic E-state index is 10.5. The molecule has 2 unspecified atom stereocenters. The van der Waals surface area contributed by atoms with Crippen molar-refractivity contribution in [2.24, 2.45) is 40.2 Å². The van der Waals surface area contributed by atoms with E-state index in [-0.39, 0.29) is 11.5 Å². The van der Waals surface area contributed by atoms with Crippen molar-refractivity contribution >= 4 is 0 Å². The van der Waals surface area contributed by atoms with Crippen LogP contribution in [0.15, 0.2) is 23.9 Å². The van der Waals surface area contributed by atoms with E-state index in [1.54, 1.807) is 0 Å². The summed E-state index contributed by atoms with van der Waals surface area (Å²) in [4.78, 5) is 0. The van der Waals surface area contributed by atoms with Gasteiger partial charge in [-0.2, -0.15) is 0 Å². The third-order valence-corrected chi connectivity index (χ3v) is 7.82. The van der Waals surface area contributed by atoms with Crippen molar-refractivity contribution in [3.05, 3.63) is 23.9 Å². The van der Waals surface area contributed by atoms with Crippen molar-refractivity contribution in [3.8, 4) is 0 Å². The number of nitrogens with two attached hydrogens (primary N) is 1. The van der Waals surface area contributed by atoms with Crippen LogP contribution >= 0.6 is 0 Å². The van der Waals surface area contributed by atoms with E-state index in [0.717, 1.165) is 29.9 Å². The van der Waals surface area contributed by atoms with Gasteiger partial charge < -0.3 is 10.8 Å². The van der Waals surface area contributed by atoms with E-state index >= 15 is 0 Å². The van der Waals surface area contributed by atoms with Crippen molar-refractivity contribution < 1.29 is 5.11 Å². The summed E-state index contributed by atoms with van der Waals surface area (Å²) >= 11 is 0. The maximum atomic E-state index is 10.5. The lowest BCUT2D eigenvalue weighted by atomic mass is 9.47. The lowest BCUT2D eigenvalue weighted by Crippen LogP contribution is -2.52. The van der Waals surface area contributed by atoms with Gasteiger partial charge in [-0.3, -0.25) is 0 Å². The van der Waals surface area contributed by atoms with Crippen LogP contribution in [0.4, 0.5) is 0 Å². The van der Waals surface area contributed by atoms with Gasteiger partial charge in [-0.15, -0.1) is 0 Å². The number of aliphatic hydroxyl groups excluding tert-OH is 1. The Morgan fingerprint density at radius 3 is 2.71 bits per heavy atom. The predicted octanol–water partition coefficient (Wildman–Crippen LogP) is 3.62. The Morgan fingerprint density at radius 1 is 1.10 bits per heavy atom. The van der Waals surface area contributed by atoms with Crippen LogP contribution < -0.4 is 5.73 Å². The maximum Gasteiger partial charge on any atom is 0.0596 e. The molecule has 0 spiro atoms. The molecule has 2 heteroatoms. The molecular weight excluding hydrogens is 258 g/mol. The van der Waals surface area contributed by atoms with Gasteiger partial charge in [0.25, 0.3) is 0 Å². The lowest BCUT2D eigenvalue weighted by Gasteiger charge is -2.58. The highest BCUT2D eigenvalue weighted by molar-refractivity contribution is 5.29. The zero-order valence-corrected chi connectivity index (χ0v) is 13.4. The first kappa shape index (κ1) is 13.9. The van der Waals surface area contributed by atoms with Crippen LogP contribution in [0.3, 0.4) is 0 Å². The van der Waals surface area contributed by atoms with Crippen LogP contribution in [0, 0.1) is 34.5 Å². The van der Waals surface area contributed by atoms with Crippen LogP contribution in [0.25, 0.3) is 0 Å². The van der Waals surface area contributed by atoms with Crippen molar-refractivity contribution in [3.63, 3.8) is 0 Å². The topological polar surface area (TPSA) is 46.2 Å². The number of aliphatic hydroxyl groups is 1. The molecule has 0 heterocycles. The first-order valence-corrected chi connectivity index (χ1v) is 8.80. The second-order valence-electron chi connectivity index (χ2n) is 8.56. The Labute approximate surface area is 128 Å². The third kappa shape index (κ3) is 1.75. The zero-order valence-electron chi connectivity index (χ0n) is 13.4. The highest BCUT2D eigenvalue weighted by Gasteiger charge is 2.58. The molecule has 116 valence electrons. The molecule has 4 aliphatic carbocycles. The molecule has 0 amide bonds. The van der Waals surface area contributed by atoms with Crippen molar-refractivity contribution in [1.82, 2.24) is 0 Å². The van der Waals surface area contributed by atoms with E-state index < -0.39 is 0 Å². The molecule has 3 fully saturated rings. The quantitative estimate of drug-likeness (QED) is 0.715. The summed E-state index contributed by atoms with van der Waals surface area (Å²) in [7, 11) is 0. The Kier molecular flexibility index (Phi) is 2.89. The zero-order chi connectivity index (χ0) is 14.8. The molecule has 21 heavy (non-hydrogen) atoms. The molecule has 0 bridgehead atoms. The summed E-state index contributed by atoms with van der Waals surface area (Å²) in [6, 6.07) is 0. The highest BCUT2D eigenvalue weighted by atomic mass is 16.3. The summed E-state index contributed by atoms with van der Waals surface area (Å²) < 4.78 is 0. The fourth-order valence-electron chi connectivity index (χ4n) is 6.47. The highest BCUT2D eigenvalue weighted by Crippen LogP contribution is 2.64. The minimum Gasteiger partial charge on any atom is -0.399 e. The molecule has 0 aliphatic heterocycles. The molecule has 4 rings (SSSR count). The van der Waals surface area contributed by atoms with Crippen LogP contribution in [-0.2, 0) is 0 Å².